The van der Waals surface area contributed by atoms with Crippen LogP contribution in [0.25, 0.3) is 0 Å². The highest BCUT2D eigenvalue weighted by molar-refractivity contribution is 4.81. The highest BCUT2D eigenvalue weighted by atomic mass is 14.6. The van der Waals surface area contributed by atoms with Crippen LogP contribution in [0.1, 0.15) is 26.7 Å². The van der Waals surface area contributed by atoms with E-state index in [1.165, 1.54) is 12.8 Å². The van der Waals surface area contributed by atoms with Crippen molar-refractivity contribution in [2.24, 2.45) is 23.5 Å². The Hall–Kier alpha value is -0.0400. The van der Waals surface area contributed by atoms with Crippen LogP contribution < -0.4 is 5.73 Å². The van der Waals surface area contributed by atoms with E-state index in [2.05, 4.69) is 13.8 Å². The maximum atomic E-state index is 5.54. The molecule has 0 heterocycles. The normalized spacial score (nSPS) is 37.7. The van der Waals surface area contributed by atoms with E-state index < -0.39 is 0 Å². The van der Waals surface area contributed by atoms with Gasteiger partial charge in [0.15, 0.2) is 0 Å². The molecule has 1 heteroatoms. The summed E-state index contributed by atoms with van der Waals surface area (Å²) in [5, 5.41) is 0. The zero-order chi connectivity index (χ0) is 6.85. The van der Waals surface area contributed by atoms with Crippen LogP contribution in [-0.2, 0) is 0 Å². The highest BCUT2D eigenvalue weighted by Crippen LogP contribution is 2.38. The van der Waals surface area contributed by atoms with Crippen LogP contribution in [0.2, 0.25) is 0 Å². The van der Waals surface area contributed by atoms with Gasteiger partial charge in [-0.25, -0.2) is 0 Å². The molecule has 0 aromatic carbocycles. The minimum Gasteiger partial charge on any atom is -0.330 e. The summed E-state index contributed by atoms with van der Waals surface area (Å²) in [5.74, 6) is 2.65. The van der Waals surface area contributed by atoms with Crippen molar-refractivity contribution in [2.75, 3.05) is 6.54 Å². The molecule has 3 atom stereocenters. The van der Waals surface area contributed by atoms with Crippen molar-refractivity contribution in [1.29, 1.82) is 0 Å². The molecule has 1 aliphatic rings. The molecule has 2 N–H and O–H groups in total. The molecule has 1 saturated carbocycles. The largest absolute Gasteiger partial charge is 0.330 e. The van der Waals surface area contributed by atoms with Gasteiger partial charge in [0.1, 0.15) is 0 Å². The molecule has 54 valence electrons. The molecule has 0 amide bonds. The van der Waals surface area contributed by atoms with E-state index in [1.807, 2.05) is 0 Å². The van der Waals surface area contributed by atoms with E-state index >= 15 is 0 Å². The van der Waals surface area contributed by atoms with Gasteiger partial charge in [0.25, 0.3) is 0 Å². The van der Waals surface area contributed by atoms with Gasteiger partial charge in [-0.3, -0.25) is 0 Å². The zero-order valence-electron chi connectivity index (χ0n) is 6.43. The highest BCUT2D eigenvalue weighted by Gasteiger charge is 2.30. The lowest BCUT2D eigenvalue weighted by molar-refractivity contribution is 0.133. The lowest BCUT2D eigenvalue weighted by Gasteiger charge is -2.38. The van der Waals surface area contributed by atoms with Crippen molar-refractivity contribution < 1.29 is 0 Å². The predicted octanol–water partition coefficient (Wildman–Crippen LogP) is 1.63. The van der Waals surface area contributed by atoms with Crippen molar-refractivity contribution in [1.82, 2.24) is 0 Å². The number of rotatable bonds is 2. The van der Waals surface area contributed by atoms with Gasteiger partial charge in [0.2, 0.25) is 0 Å². The van der Waals surface area contributed by atoms with Crippen LogP contribution in [0.15, 0.2) is 0 Å². The monoisotopic (exact) mass is 127 g/mol. The second-order valence-corrected chi connectivity index (χ2v) is 3.43. The van der Waals surface area contributed by atoms with E-state index in [0.717, 1.165) is 24.3 Å². The fourth-order valence-electron chi connectivity index (χ4n) is 1.71. The molecular formula is C8H17N. The van der Waals surface area contributed by atoms with Crippen molar-refractivity contribution in [3.63, 3.8) is 0 Å². The van der Waals surface area contributed by atoms with Crippen LogP contribution in [0.4, 0.5) is 0 Å². The Labute approximate surface area is 57.6 Å². The standard InChI is InChI=1S/C8H17N/c1-6-3-4-8(6)7(2)5-9/h6-8H,3-5,9H2,1-2H3/t6?,7-,8?/m0/s1. The zero-order valence-corrected chi connectivity index (χ0v) is 6.43. The molecule has 0 radical (unpaired) electrons. The second kappa shape index (κ2) is 2.70. The Bertz CT molecular complexity index is 90.6. The first-order valence-electron chi connectivity index (χ1n) is 3.95. The Kier molecular flexibility index (Phi) is 2.12. The summed E-state index contributed by atoms with van der Waals surface area (Å²) < 4.78 is 0. The summed E-state index contributed by atoms with van der Waals surface area (Å²) in [4.78, 5) is 0. The SMILES string of the molecule is CC1CCC1[C@@H](C)CN. The lowest BCUT2D eigenvalue weighted by Crippen LogP contribution is -2.32. The first-order chi connectivity index (χ1) is 4.25. The molecule has 0 aromatic heterocycles. The molecule has 1 fully saturated rings. The summed E-state index contributed by atoms with van der Waals surface area (Å²) >= 11 is 0. The summed E-state index contributed by atoms with van der Waals surface area (Å²) in [6, 6.07) is 0. The quantitative estimate of drug-likeness (QED) is 0.599. The predicted molar refractivity (Wildman–Crippen MR) is 40.1 cm³/mol. The van der Waals surface area contributed by atoms with Gasteiger partial charge in [0.05, 0.1) is 0 Å². The number of nitrogens with two attached hydrogens (primary N) is 1. The summed E-state index contributed by atoms with van der Waals surface area (Å²) in [6.07, 6.45) is 2.84. The molecule has 0 saturated heterocycles. The molecule has 1 nitrogen and oxygen atoms in total. The smallest absolute Gasteiger partial charge is 0.00488 e. The second-order valence-electron chi connectivity index (χ2n) is 3.43. The van der Waals surface area contributed by atoms with Crippen molar-refractivity contribution in [2.45, 2.75) is 26.7 Å². The van der Waals surface area contributed by atoms with E-state index in [1.54, 1.807) is 0 Å². The van der Waals surface area contributed by atoms with Gasteiger partial charge >= 0.3 is 0 Å². The Morgan fingerprint density at radius 3 is 2.33 bits per heavy atom. The van der Waals surface area contributed by atoms with E-state index in [0.29, 0.717) is 0 Å². The Morgan fingerprint density at radius 2 is 2.22 bits per heavy atom. The summed E-state index contributed by atoms with van der Waals surface area (Å²) in [6.45, 7) is 5.47. The first-order valence-corrected chi connectivity index (χ1v) is 3.95. The van der Waals surface area contributed by atoms with Crippen LogP contribution in [0.3, 0.4) is 0 Å². The molecule has 1 rings (SSSR count). The third-order valence-corrected chi connectivity index (χ3v) is 2.79. The molecule has 0 aromatic rings. The minimum absolute atomic E-state index is 0.758. The fraction of sp³-hybridized carbons (Fsp3) is 1.00. The summed E-state index contributed by atoms with van der Waals surface area (Å²) in [5.41, 5.74) is 5.54. The Balaban J connectivity index is 2.25. The van der Waals surface area contributed by atoms with Gasteiger partial charge < -0.3 is 5.73 Å². The maximum Gasteiger partial charge on any atom is -0.00488 e. The maximum absolute atomic E-state index is 5.54. The van der Waals surface area contributed by atoms with Gasteiger partial charge in [-0.05, 0) is 30.7 Å². The summed E-state index contributed by atoms with van der Waals surface area (Å²) in [7, 11) is 0. The molecule has 0 aliphatic heterocycles. The molecule has 0 spiro atoms. The van der Waals surface area contributed by atoms with Gasteiger partial charge in [-0.2, -0.15) is 0 Å². The lowest BCUT2D eigenvalue weighted by atomic mass is 9.68. The van der Waals surface area contributed by atoms with Crippen LogP contribution >= 0.6 is 0 Å². The molecule has 2 unspecified atom stereocenters. The minimum atomic E-state index is 0.758. The Morgan fingerprint density at radius 1 is 1.56 bits per heavy atom. The van der Waals surface area contributed by atoms with E-state index in [9.17, 15) is 0 Å². The van der Waals surface area contributed by atoms with Gasteiger partial charge in [-0.15, -0.1) is 0 Å². The number of hydrogen-bond donors (Lipinski definition) is 1. The third kappa shape index (κ3) is 1.26. The molecule has 9 heavy (non-hydrogen) atoms. The van der Waals surface area contributed by atoms with Gasteiger partial charge in [-0.1, -0.05) is 20.3 Å². The van der Waals surface area contributed by atoms with Crippen LogP contribution in [0, 0.1) is 17.8 Å². The van der Waals surface area contributed by atoms with E-state index in [-0.39, 0.29) is 0 Å². The third-order valence-electron chi connectivity index (χ3n) is 2.79. The molecular weight excluding hydrogens is 110 g/mol. The number of hydrogen-bond acceptors (Lipinski definition) is 1. The topological polar surface area (TPSA) is 26.0 Å². The van der Waals surface area contributed by atoms with Crippen molar-refractivity contribution in [3.8, 4) is 0 Å². The average molecular weight is 127 g/mol. The van der Waals surface area contributed by atoms with Crippen molar-refractivity contribution >= 4 is 0 Å². The van der Waals surface area contributed by atoms with E-state index in [4.69, 9.17) is 5.73 Å². The fourth-order valence-corrected chi connectivity index (χ4v) is 1.71. The first kappa shape index (κ1) is 7.07. The van der Waals surface area contributed by atoms with Crippen molar-refractivity contribution in [3.05, 3.63) is 0 Å². The van der Waals surface area contributed by atoms with Gasteiger partial charge in [0, 0.05) is 0 Å². The molecule has 0 bridgehead atoms. The average Bonchev–Trinajstić information content (AvgIpc) is 1.84. The molecule has 1 aliphatic carbocycles. The van der Waals surface area contributed by atoms with Crippen LogP contribution in [0.5, 0.6) is 0 Å². The van der Waals surface area contributed by atoms with Crippen LogP contribution in [-0.4, -0.2) is 6.54 Å².